The first kappa shape index (κ1) is 21.7. The Hall–Kier alpha value is -3.01. The Kier molecular flexibility index (Phi) is 6.66. The molecule has 0 atom stereocenters. The number of rotatable bonds is 5. The number of anilines is 2. The van der Waals surface area contributed by atoms with Crippen molar-refractivity contribution in [2.75, 3.05) is 18.4 Å². The third-order valence-corrected chi connectivity index (χ3v) is 4.11. The van der Waals surface area contributed by atoms with Crippen LogP contribution in [-0.4, -0.2) is 46.0 Å². The number of hydroxylamine groups is 2. The summed E-state index contributed by atoms with van der Waals surface area (Å²) in [6.07, 6.45) is 1.60. The van der Waals surface area contributed by atoms with E-state index in [-0.39, 0.29) is 17.6 Å². The van der Waals surface area contributed by atoms with Gasteiger partial charge in [-0.05, 0) is 32.9 Å². The highest BCUT2D eigenvalue weighted by atomic mass is 19.1. The first-order chi connectivity index (χ1) is 14.2. The number of benzene rings is 1. The van der Waals surface area contributed by atoms with E-state index in [0.717, 1.165) is 18.2 Å². The van der Waals surface area contributed by atoms with Crippen molar-refractivity contribution in [3.63, 3.8) is 0 Å². The second-order valence-corrected chi connectivity index (χ2v) is 7.79. The minimum absolute atomic E-state index is 0.0350. The summed E-state index contributed by atoms with van der Waals surface area (Å²) in [4.78, 5) is 25.0. The van der Waals surface area contributed by atoms with Crippen LogP contribution in [0.5, 0.6) is 5.88 Å². The van der Waals surface area contributed by atoms with E-state index in [4.69, 9.17) is 14.3 Å². The molecule has 2 aromatic rings. The molecule has 0 aliphatic carbocycles. The molecule has 0 spiro atoms. The predicted molar refractivity (Wildman–Crippen MR) is 104 cm³/mol. The van der Waals surface area contributed by atoms with E-state index in [9.17, 15) is 13.6 Å². The lowest BCUT2D eigenvalue weighted by Gasteiger charge is -2.30. The SMILES string of the molecule is CC(C)(C)OC(=O)ON1CCC(Oc2cc(Nc3cc(F)ccc3F)ncn2)CC1. The molecule has 1 aromatic heterocycles. The number of carbonyl (C=O) groups excluding carboxylic acids is 1. The Labute approximate surface area is 173 Å². The number of hydrogen-bond acceptors (Lipinski definition) is 8. The zero-order valence-electron chi connectivity index (χ0n) is 17.0. The van der Waals surface area contributed by atoms with Crippen molar-refractivity contribution < 1.29 is 27.9 Å². The lowest BCUT2D eigenvalue weighted by Crippen LogP contribution is -2.40. The Morgan fingerprint density at radius 1 is 1.17 bits per heavy atom. The van der Waals surface area contributed by atoms with Crippen molar-refractivity contribution in [1.29, 1.82) is 0 Å². The van der Waals surface area contributed by atoms with E-state index >= 15 is 0 Å². The number of carbonyl (C=O) groups is 1. The van der Waals surface area contributed by atoms with Gasteiger partial charge < -0.3 is 19.6 Å². The molecule has 0 radical (unpaired) electrons. The van der Waals surface area contributed by atoms with Crippen LogP contribution in [0.15, 0.2) is 30.6 Å². The van der Waals surface area contributed by atoms with Crippen LogP contribution in [0.4, 0.5) is 25.1 Å². The fraction of sp³-hybridized carbons (Fsp3) is 0.450. The zero-order valence-corrected chi connectivity index (χ0v) is 17.0. The number of aromatic nitrogens is 2. The molecular weight excluding hydrogens is 398 g/mol. The van der Waals surface area contributed by atoms with Gasteiger partial charge in [-0.25, -0.2) is 23.5 Å². The van der Waals surface area contributed by atoms with E-state index in [1.807, 2.05) is 0 Å². The molecule has 1 aliphatic rings. The van der Waals surface area contributed by atoms with Crippen molar-refractivity contribution in [2.24, 2.45) is 0 Å². The molecule has 1 fully saturated rings. The topological polar surface area (TPSA) is 85.8 Å². The summed E-state index contributed by atoms with van der Waals surface area (Å²) in [6.45, 7) is 6.26. The first-order valence-corrected chi connectivity index (χ1v) is 9.54. The van der Waals surface area contributed by atoms with Crippen LogP contribution < -0.4 is 10.1 Å². The van der Waals surface area contributed by atoms with Crippen LogP contribution in [-0.2, 0) is 9.57 Å². The number of nitrogens with one attached hydrogen (secondary N) is 1. The van der Waals surface area contributed by atoms with Crippen LogP contribution in [0.2, 0.25) is 0 Å². The maximum atomic E-state index is 13.8. The van der Waals surface area contributed by atoms with Crippen molar-refractivity contribution in [2.45, 2.75) is 45.3 Å². The molecule has 30 heavy (non-hydrogen) atoms. The van der Waals surface area contributed by atoms with E-state index in [0.29, 0.717) is 31.8 Å². The average Bonchev–Trinajstić information content (AvgIpc) is 2.65. The molecular formula is C20H24F2N4O4. The maximum Gasteiger partial charge on any atom is 0.528 e. The van der Waals surface area contributed by atoms with Gasteiger partial charge in [0.15, 0.2) is 0 Å². The first-order valence-electron chi connectivity index (χ1n) is 9.54. The number of ether oxygens (including phenoxy) is 2. The zero-order chi connectivity index (χ0) is 21.7. The van der Waals surface area contributed by atoms with Crippen molar-refractivity contribution >= 4 is 17.7 Å². The molecule has 0 bridgehead atoms. The third-order valence-electron chi connectivity index (χ3n) is 4.11. The summed E-state index contributed by atoms with van der Waals surface area (Å²) >= 11 is 0. The van der Waals surface area contributed by atoms with Crippen molar-refractivity contribution in [1.82, 2.24) is 15.0 Å². The number of halogens is 2. The van der Waals surface area contributed by atoms with E-state index < -0.39 is 23.4 Å². The highest BCUT2D eigenvalue weighted by Gasteiger charge is 2.26. The molecule has 0 saturated carbocycles. The lowest BCUT2D eigenvalue weighted by atomic mass is 10.1. The normalized spacial score (nSPS) is 15.5. The monoisotopic (exact) mass is 422 g/mol. The van der Waals surface area contributed by atoms with Gasteiger partial charge in [0, 0.05) is 38.1 Å². The minimum atomic E-state index is -0.738. The summed E-state index contributed by atoms with van der Waals surface area (Å²) in [5.74, 6) is -0.592. The van der Waals surface area contributed by atoms with Gasteiger partial charge in [0.25, 0.3) is 0 Å². The molecule has 162 valence electrons. The largest absolute Gasteiger partial charge is 0.528 e. The fourth-order valence-electron chi connectivity index (χ4n) is 2.79. The Morgan fingerprint density at radius 2 is 1.90 bits per heavy atom. The highest BCUT2D eigenvalue weighted by molar-refractivity contribution is 5.60. The summed E-state index contributed by atoms with van der Waals surface area (Å²) in [7, 11) is 0. The molecule has 1 aromatic carbocycles. The molecule has 0 unspecified atom stereocenters. The predicted octanol–water partition coefficient (Wildman–Crippen LogP) is 4.21. The standard InChI is InChI=1S/C20H24F2N4O4/c1-20(2,3)29-19(27)30-26-8-6-14(7-9-26)28-18-11-17(23-12-24-18)25-16-10-13(21)4-5-15(16)22/h4-5,10-12,14H,6-9H2,1-3H3,(H,23,24,25). The van der Waals surface area contributed by atoms with Crippen LogP contribution in [0.1, 0.15) is 33.6 Å². The summed E-state index contributed by atoms with van der Waals surface area (Å²) in [5.41, 5.74) is -0.654. The molecule has 8 nitrogen and oxygen atoms in total. The minimum Gasteiger partial charge on any atom is -0.474 e. The van der Waals surface area contributed by atoms with Gasteiger partial charge in [-0.3, -0.25) is 0 Å². The van der Waals surface area contributed by atoms with Gasteiger partial charge in [-0.2, -0.15) is 0 Å². The van der Waals surface area contributed by atoms with Crippen molar-refractivity contribution in [3.05, 3.63) is 42.2 Å². The van der Waals surface area contributed by atoms with Gasteiger partial charge in [-0.15, -0.1) is 5.06 Å². The van der Waals surface area contributed by atoms with Crippen LogP contribution in [0.25, 0.3) is 0 Å². The van der Waals surface area contributed by atoms with E-state index in [1.165, 1.54) is 17.5 Å². The Morgan fingerprint density at radius 3 is 2.60 bits per heavy atom. The Balaban J connectivity index is 1.51. The molecule has 3 rings (SSSR count). The number of nitrogens with zero attached hydrogens (tertiary/aromatic N) is 3. The van der Waals surface area contributed by atoms with E-state index in [1.54, 1.807) is 20.8 Å². The van der Waals surface area contributed by atoms with Gasteiger partial charge in [0.2, 0.25) is 5.88 Å². The number of hydrogen-bond donors (Lipinski definition) is 1. The molecule has 0 amide bonds. The van der Waals surface area contributed by atoms with E-state index in [2.05, 4.69) is 15.3 Å². The van der Waals surface area contributed by atoms with Gasteiger partial charge in [0.1, 0.15) is 35.5 Å². The molecule has 10 heteroatoms. The summed E-state index contributed by atoms with van der Waals surface area (Å²) in [5, 5.41) is 4.25. The highest BCUT2D eigenvalue weighted by Crippen LogP contribution is 2.23. The molecule has 2 heterocycles. The maximum absolute atomic E-state index is 13.8. The quantitative estimate of drug-likeness (QED) is 0.718. The summed E-state index contributed by atoms with van der Waals surface area (Å²) < 4.78 is 38.1. The third kappa shape index (κ3) is 6.51. The summed E-state index contributed by atoms with van der Waals surface area (Å²) in [6, 6.07) is 4.61. The van der Waals surface area contributed by atoms with Gasteiger partial charge in [-0.1, -0.05) is 0 Å². The average molecular weight is 422 g/mol. The fourth-order valence-corrected chi connectivity index (χ4v) is 2.79. The van der Waals surface area contributed by atoms with Crippen LogP contribution in [0.3, 0.4) is 0 Å². The van der Waals surface area contributed by atoms with Crippen molar-refractivity contribution in [3.8, 4) is 5.88 Å². The lowest BCUT2D eigenvalue weighted by molar-refractivity contribution is -0.159. The number of piperidine rings is 1. The van der Waals surface area contributed by atoms with Crippen LogP contribution >= 0.6 is 0 Å². The second kappa shape index (κ2) is 9.21. The second-order valence-electron chi connectivity index (χ2n) is 7.79. The molecule has 1 aliphatic heterocycles. The van der Waals surface area contributed by atoms with Crippen LogP contribution in [0, 0.1) is 11.6 Å². The van der Waals surface area contributed by atoms with Gasteiger partial charge >= 0.3 is 6.16 Å². The Bertz CT molecular complexity index is 883. The molecule has 1 N–H and O–H groups in total. The smallest absolute Gasteiger partial charge is 0.474 e. The molecule has 1 saturated heterocycles. The van der Waals surface area contributed by atoms with Gasteiger partial charge in [0.05, 0.1) is 5.69 Å².